The lowest BCUT2D eigenvalue weighted by atomic mass is 9.69. The van der Waals surface area contributed by atoms with Crippen LogP contribution in [0.25, 0.3) is 0 Å². The first-order valence-corrected chi connectivity index (χ1v) is 13.9. The number of hydrogen-bond acceptors (Lipinski definition) is 3. The van der Waals surface area contributed by atoms with Crippen LogP contribution in [-0.4, -0.2) is 25.6 Å². The second kappa shape index (κ2) is 12.8. The van der Waals surface area contributed by atoms with Crippen molar-refractivity contribution < 1.29 is 44.9 Å². The maximum atomic E-state index is 14.8. The van der Waals surface area contributed by atoms with Crippen LogP contribution in [0.5, 0.6) is 5.75 Å². The Bertz CT molecular complexity index is 933. The van der Waals surface area contributed by atoms with E-state index in [1.807, 2.05) is 13.0 Å². The molecule has 220 valence electrons. The first-order chi connectivity index (χ1) is 18.5. The molecule has 0 aromatic heterocycles. The van der Waals surface area contributed by atoms with Crippen LogP contribution in [-0.2, 0) is 15.7 Å². The lowest BCUT2D eigenvalue weighted by molar-refractivity contribution is -0.231. The SMILES string of the molecule is C/C=C/CCC1COC(C2CCC(C3CCC(C(F)(F)Oc4cc(F)c(C(F)(F)F)c(F)c4)CC3)CC2)OC1. The van der Waals surface area contributed by atoms with Crippen LogP contribution in [0.2, 0.25) is 0 Å². The lowest BCUT2D eigenvalue weighted by Gasteiger charge is -2.41. The summed E-state index contributed by atoms with van der Waals surface area (Å²) in [4.78, 5) is 0. The number of halogens is 7. The van der Waals surface area contributed by atoms with Gasteiger partial charge in [0.05, 0.1) is 19.1 Å². The molecule has 0 atom stereocenters. The summed E-state index contributed by atoms with van der Waals surface area (Å²) in [5.74, 6) is -4.60. The molecule has 4 rings (SSSR count). The molecule has 3 nitrogen and oxygen atoms in total. The molecular formula is C29H37F7O3. The van der Waals surface area contributed by atoms with Gasteiger partial charge < -0.3 is 14.2 Å². The maximum Gasteiger partial charge on any atom is 0.422 e. The number of rotatable bonds is 8. The minimum absolute atomic E-state index is 0.160. The van der Waals surface area contributed by atoms with E-state index in [0.717, 1.165) is 38.5 Å². The van der Waals surface area contributed by atoms with Gasteiger partial charge in [0.2, 0.25) is 0 Å². The highest BCUT2D eigenvalue weighted by Crippen LogP contribution is 2.46. The van der Waals surface area contributed by atoms with Crippen LogP contribution in [0.3, 0.4) is 0 Å². The standard InChI is InChI=1S/C29H37F7O3/c1-2-3-4-5-18-16-37-27(38-17-18)21-8-6-19(7-9-21)20-10-12-22(13-11-20)29(35,36)39-23-14-24(30)26(25(31)15-23)28(32,33)34/h2-3,14-15,18-22,27H,4-13,16-17H2,1H3/b3-2+. The van der Waals surface area contributed by atoms with Gasteiger partial charge in [-0.1, -0.05) is 12.2 Å². The molecule has 3 fully saturated rings. The van der Waals surface area contributed by atoms with E-state index in [0.29, 0.717) is 49.7 Å². The van der Waals surface area contributed by atoms with Crippen molar-refractivity contribution in [2.45, 2.75) is 89.7 Å². The molecule has 2 saturated carbocycles. The van der Waals surface area contributed by atoms with Crippen LogP contribution < -0.4 is 4.74 Å². The van der Waals surface area contributed by atoms with Gasteiger partial charge in [-0.25, -0.2) is 8.78 Å². The van der Waals surface area contributed by atoms with Gasteiger partial charge in [-0.15, -0.1) is 0 Å². The Morgan fingerprint density at radius 2 is 1.33 bits per heavy atom. The van der Waals surface area contributed by atoms with Crippen molar-refractivity contribution in [3.63, 3.8) is 0 Å². The monoisotopic (exact) mass is 566 g/mol. The Hall–Kier alpha value is -1.81. The third-order valence-electron chi connectivity index (χ3n) is 8.64. The second-order valence-corrected chi connectivity index (χ2v) is 11.3. The summed E-state index contributed by atoms with van der Waals surface area (Å²) in [6, 6.07) is 0.321. The van der Waals surface area contributed by atoms with Gasteiger partial charge in [-0.05, 0) is 83.0 Å². The topological polar surface area (TPSA) is 27.7 Å². The van der Waals surface area contributed by atoms with E-state index < -0.39 is 41.2 Å². The average molecular weight is 567 g/mol. The Morgan fingerprint density at radius 1 is 0.821 bits per heavy atom. The predicted octanol–water partition coefficient (Wildman–Crippen LogP) is 8.91. The average Bonchev–Trinajstić information content (AvgIpc) is 2.88. The fourth-order valence-corrected chi connectivity index (χ4v) is 6.43. The van der Waals surface area contributed by atoms with Crippen molar-refractivity contribution >= 4 is 0 Å². The van der Waals surface area contributed by atoms with Crippen molar-refractivity contribution in [1.29, 1.82) is 0 Å². The summed E-state index contributed by atoms with van der Waals surface area (Å²) in [6.07, 6.45) is 2.51. The molecule has 2 aliphatic carbocycles. The Labute approximate surface area is 225 Å². The lowest BCUT2D eigenvalue weighted by Crippen LogP contribution is -2.40. The Morgan fingerprint density at radius 3 is 1.85 bits per heavy atom. The molecule has 0 bridgehead atoms. The summed E-state index contributed by atoms with van der Waals surface area (Å²) >= 11 is 0. The summed E-state index contributed by atoms with van der Waals surface area (Å²) in [5.41, 5.74) is -2.13. The zero-order valence-electron chi connectivity index (χ0n) is 22.1. The van der Waals surface area contributed by atoms with E-state index in [-0.39, 0.29) is 31.3 Å². The van der Waals surface area contributed by atoms with E-state index in [2.05, 4.69) is 10.8 Å². The smallest absolute Gasteiger partial charge is 0.422 e. The summed E-state index contributed by atoms with van der Waals surface area (Å²) in [7, 11) is 0. The molecule has 0 amide bonds. The summed E-state index contributed by atoms with van der Waals surface area (Å²) in [6.45, 7) is 3.44. The van der Waals surface area contributed by atoms with E-state index in [9.17, 15) is 30.7 Å². The molecular weight excluding hydrogens is 529 g/mol. The van der Waals surface area contributed by atoms with Crippen molar-refractivity contribution in [1.82, 2.24) is 0 Å². The highest BCUT2D eigenvalue weighted by molar-refractivity contribution is 5.32. The number of allylic oxidation sites excluding steroid dienone is 2. The van der Waals surface area contributed by atoms with Crippen molar-refractivity contribution in [3.05, 3.63) is 41.5 Å². The molecule has 0 N–H and O–H groups in total. The van der Waals surface area contributed by atoms with Gasteiger partial charge in [-0.3, -0.25) is 0 Å². The molecule has 3 aliphatic rings. The molecule has 1 aromatic rings. The third-order valence-corrected chi connectivity index (χ3v) is 8.64. The second-order valence-electron chi connectivity index (χ2n) is 11.3. The van der Waals surface area contributed by atoms with E-state index in [4.69, 9.17) is 9.47 Å². The number of hydrogen-bond donors (Lipinski definition) is 0. The van der Waals surface area contributed by atoms with E-state index in [1.54, 1.807) is 0 Å². The molecule has 10 heteroatoms. The molecule has 1 saturated heterocycles. The van der Waals surface area contributed by atoms with Crippen molar-refractivity contribution in [2.75, 3.05) is 13.2 Å². The molecule has 39 heavy (non-hydrogen) atoms. The van der Waals surface area contributed by atoms with Crippen LogP contribution in [0, 0.1) is 41.2 Å². The normalized spacial score (nSPS) is 31.0. The van der Waals surface area contributed by atoms with Crippen LogP contribution in [0.15, 0.2) is 24.3 Å². The van der Waals surface area contributed by atoms with E-state index in [1.165, 1.54) is 0 Å². The summed E-state index contributed by atoms with van der Waals surface area (Å²) in [5, 5.41) is 0. The minimum Gasteiger partial charge on any atom is -0.432 e. The fraction of sp³-hybridized carbons (Fsp3) is 0.724. The fourth-order valence-electron chi connectivity index (χ4n) is 6.43. The maximum absolute atomic E-state index is 14.8. The van der Waals surface area contributed by atoms with Gasteiger partial charge in [-0.2, -0.15) is 22.0 Å². The quantitative estimate of drug-likeness (QED) is 0.232. The van der Waals surface area contributed by atoms with Gasteiger partial charge >= 0.3 is 12.3 Å². The van der Waals surface area contributed by atoms with Crippen molar-refractivity contribution in [2.24, 2.45) is 29.6 Å². The largest absolute Gasteiger partial charge is 0.432 e. The van der Waals surface area contributed by atoms with Gasteiger partial charge in [0.15, 0.2) is 6.29 Å². The number of benzene rings is 1. The zero-order valence-corrected chi connectivity index (χ0v) is 22.1. The number of alkyl halides is 5. The first kappa shape index (κ1) is 30.2. The highest BCUT2D eigenvalue weighted by atomic mass is 19.4. The first-order valence-electron chi connectivity index (χ1n) is 13.9. The Kier molecular flexibility index (Phi) is 9.89. The van der Waals surface area contributed by atoms with Crippen LogP contribution in [0.4, 0.5) is 30.7 Å². The third kappa shape index (κ3) is 7.69. The van der Waals surface area contributed by atoms with Crippen LogP contribution >= 0.6 is 0 Å². The zero-order chi connectivity index (χ0) is 28.2. The summed E-state index contributed by atoms with van der Waals surface area (Å²) < 4.78 is 112. The van der Waals surface area contributed by atoms with E-state index >= 15 is 0 Å². The predicted molar refractivity (Wildman–Crippen MR) is 131 cm³/mol. The Balaban J connectivity index is 1.22. The van der Waals surface area contributed by atoms with Gasteiger partial charge in [0.25, 0.3) is 0 Å². The van der Waals surface area contributed by atoms with Crippen LogP contribution in [0.1, 0.15) is 76.7 Å². The molecule has 1 heterocycles. The van der Waals surface area contributed by atoms with Gasteiger partial charge in [0.1, 0.15) is 22.9 Å². The molecule has 1 aromatic carbocycles. The minimum atomic E-state index is -5.28. The molecule has 1 aliphatic heterocycles. The highest BCUT2D eigenvalue weighted by Gasteiger charge is 2.46. The number of ether oxygens (including phenoxy) is 3. The van der Waals surface area contributed by atoms with Crippen molar-refractivity contribution in [3.8, 4) is 5.75 Å². The molecule has 0 spiro atoms. The molecule has 0 unspecified atom stereocenters. The molecule has 0 radical (unpaired) electrons. The van der Waals surface area contributed by atoms with Gasteiger partial charge in [0, 0.05) is 24.0 Å².